The predicted molar refractivity (Wildman–Crippen MR) is 99.9 cm³/mol. The maximum atomic E-state index is 12.0. The Morgan fingerprint density at radius 3 is 2.42 bits per heavy atom. The lowest BCUT2D eigenvalue weighted by Crippen LogP contribution is -2.49. The normalized spacial score (nSPS) is 9.73. The number of nitro benzene ring substituents is 1. The van der Waals surface area contributed by atoms with Crippen LogP contribution in [0, 0.1) is 10.1 Å². The summed E-state index contributed by atoms with van der Waals surface area (Å²) in [4.78, 5) is 33.9. The zero-order valence-electron chi connectivity index (χ0n) is 13.0. The molecule has 2 aromatic rings. The molecule has 0 spiro atoms. The highest BCUT2D eigenvalue weighted by Gasteiger charge is 2.17. The SMILES string of the molecule is O=C(NNC(=S)NC(=O)c1ccc(Cl)c([N+](=O)[O-])c1)Nc1ccccc1. The van der Waals surface area contributed by atoms with Crippen LogP contribution in [-0.4, -0.2) is 22.0 Å². The molecule has 0 fully saturated rings. The van der Waals surface area contributed by atoms with Crippen molar-refractivity contribution in [2.24, 2.45) is 0 Å². The summed E-state index contributed by atoms with van der Waals surface area (Å²) in [5.74, 6) is -0.701. The van der Waals surface area contributed by atoms with Crippen LogP contribution in [0.5, 0.6) is 0 Å². The Bertz CT molecular complexity index is 862. The number of rotatable bonds is 3. The number of benzene rings is 2. The molecule has 0 aromatic heterocycles. The van der Waals surface area contributed by atoms with Crippen molar-refractivity contribution >= 4 is 52.2 Å². The minimum Gasteiger partial charge on any atom is -0.307 e. The number of nitrogens with one attached hydrogen (secondary N) is 4. The summed E-state index contributed by atoms with van der Waals surface area (Å²) in [6.45, 7) is 0. The highest BCUT2D eigenvalue weighted by molar-refractivity contribution is 7.80. The van der Waals surface area contributed by atoms with Crippen LogP contribution in [-0.2, 0) is 0 Å². The van der Waals surface area contributed by atoms with Crippen molar-refractivity contribution in [3.63, 3.8) is 0 Å². The molecule has 11 heteroatoms. The fourth-order valence-electron chi connectivity index (χ4n) is 1.80. The second-order valence-corrected chi connectivity index (χ2v) is 5.59. The minimum absolute atomic E-state index is 0.0148. The zero-order chi connectivity index (χ0) is 19.1. The van der Waals surface area contributed by atoms with E-state index in [9.17, 15) is 19.7 Å². The molecule has 3 amide bonds. The molecular formula is C15H12ClN5O4S. The fourth-order valence-corrected chi connectivity index (χ4v) is 2.13. The molecule has 0 saturated carbocycles. The van der Waals surface area contributed by atoms with E-state index in [1.165, 1.54) is 12.1 Å². The Kier molecular flexibility index (Phi) is 6.42. The van der Waals surface area contributed by atoms with Gasteiger partial charge in [-0.15, -0.1) is 0 Å². The van der Waals surface area contributed by atoms with E-state index >= 15 is 0 Å². The molecule has 134 valence electrons. The molecule has 0 aliphatic carbocycles. The molecule has 0 saturated heterocycles. The smallest absolute Gasteiger partial charge is 0.307 e. The van der Waals surface area contributed by atoms with Gasteiger partial charge in [-0.25, -0.2) is 10.2 Å². The van der Waals surface area contributed by atoms with E-state index in [2.05, 4.69) is 21.5 Å². The van der Waals surface area contributed by atoms with Crippen LogP contribution in [0.1, 0.15) is 10.4 Å². The minimum atomic E-state index is -0.703. The molecule has 0 bridgehead atoms. The summed E-state index contributed by atoms with van der Waals surface area (Å²) in [7, 11) is 0. The number of amides is 3. The average Bonchev–Trinajstić information content (AvgIpc) is 2.61. The van der Waals surface area contributed by atoms with Gasteiger partial charge in [-0.1, -0.05) is 29.8 Å². The number of carbonyl (C=O) groups is 2. The van der Waals surface area contributed by atoms with Crippen LogP contribution in [0.25, 0.3) is 0 Å². The number of anilines is 1. The van der Waals surface area contributed by atoms with Gasteiger partial charge >= 0.3 is 6.03 Å². The summed E-state index contributed by atoms with van der Waals surface area (Å²) in [6, 6.07) is 11.6. The molecule has 4 N–H and O–H groups in total. The lowest BCUT2D eigenvalue weighted by atomic mass is 10.2. The number of hydrogen-bond donors (Lipinski definition) is 4. The predicted octanol–water partition coefficient (Wildman–Crippen LogP) is 2.59. The van der Waals surface area contributed by atoms with Gasteiger partial charge in [-0.2, -0.15) is 0 Å². The lowest BCUT2D eigenvalue weighted by molar-refractivity contribution is -0.384. The molecular weight excluding hydrogens is 382 g/mol. The summed E-state index contributed by atoms with van der Waals surface area (Å²) in [5, 5.41) is 15.4. The van der Waals surface area contributed by atoms with Crippen LogP contribution < -0.4 is 21.5 Å². The van der Waals surface area contributed by atoms with Gasteiger partial charge in [0, 0.05) is 17.3 Å². The first-order valence-electron chi connectivity index (χ1n) is 7.04. The second kappa shape index (κ2) is 8.74. The van der Waals surface area contributed by atoms with E-state index in [4.69, 9.17) is 23.8 Å². The number of nitrogens with zero attached hydrogens (tertiary/aromatic N) is 1. The molecule has 0 atom stereocenters. The molecule has 0 aliphatic rings. The monoisotopic (exact) mass is 393 g/mol. The third-order valence-electron chi connectivity index (χ3n) is 2.95. The van der Waals surface area contributed by atoms with Crippen molar-refractivity contribution < 1.29 is 14.5 Å². The van der Waals surface area contributed by atoms with Crippen LogP contribution in [0.15, 0.2) is 48.5 Å². The van der Waals surface area contributed by atoms with Crippen molar-refractivity contribution in [1.82, 2.24) is 16.2 Å². The fraction of sp³-hybridized carbons (Fsp3) is 0. The van der Waals surface area contributed by atoms with E-state index in [-0.39, 0.29) is 15.7 Å². The topological polar surface area (TPSA) is 125 Å². The maximum absolute atomic E-state index is 12.0. The van der Waals surface area contributed by atoms with Gasteiger partial charge in [0.15, 0.2) is 5.11 Å². The van der Waals surface area contributed by atoms with Crippen LogP contribution in [0.4, 0.5) is 16.2 Å². The Morgan fingerprint density at radius 2 is 1.77 bits per heavy atom. The quantitative estimate of drug-likeness (QED) is 0.361. The number of nitro groups is 1. The van der Waals surface area contributed by atoms with Gasteiger partial charge in [-0.3, -0.25) is 25.7 Å². The zero-order valence-corrected chi connectivity index (χ0v) is 14.6. The summed E-state index contributed by atoms with van der Waals surface area (Å²) >= 11 is 10.6. The Balaban J connectivity index is 1.87. The largest absolute Gasteiger partial charge is 0.337 e. The first kappa shape index (κ1) is 19.1. The third kappa shape index (κ3) is 5.40. The molecule has 26 heavy (non-hydrogen) atoms. The number of carbonyl (C=O) groups excluding carboxylic acids is 2. The number of hydrogen-bond acceptors (Lipinski definition) is 5. The number of urea groups is 1. The highest BCUT2D eigenvalue weighted by Crippen LogP contribution is 2.24. The van der Waals surface area contributed by atoms with Gasteiger partial charge in [-0.05, 0) is 36.5 Å². The molecule has 0 heterocycles. The van der Waals surface area contributed by atoms with Gasteiger partial charge in [0.2, 0.25) is 0 Å². The van der Waals surface area contributed by atoms with Crippen molar-refractivity contribution in [3.8, 4) is 0 Å². The summed E-state index contributed by atoms with van der Waals surface area (Å²) < 4.78 is 0. The van der Waals surface area contributed by atoms with Crippen LogP contribution >= 0.6 is 23.8 Å². The number of para-hydroxylation sites is 1. The highest BCUT2D eigenvalue weighted by atomic mass is 35.5. The molecule has 0 radical (unpaired) electrons. The standard InChI is InChI=1S/C15H12ClN5O4S/c16-11-7-6-9(8-12(11)21(24)25)13(22)18-15(26)20-19-14(23)17-10-4-2-1-3-5-10/h1-8H,(H2,17,19,23)(H2,18,20,22,26). The van der Waals surface area contributed by atoms with Crippen molar-refractivity contribution in [2.45, 2.75) is 0 Å². The van der Waals surface area contributed by atoms with Crippen molar-refractivity contribution in [3.05, 3.63) is 69.2 Å². The third-order valence-corrected chi connectivity index (χ3v) is 3.48. The Labute approximate surface area is 157 Å². The Morgan fingerprint density at radius 1 is 1.08 bits per heavy atom. The van der Waals surface area contributed by atoms with Gasteiger partial charge in [0.25, 0.3) is 11.6 Å². The summed E-state index contributed by atoms with van der Waals surface area (Å²) in [5.41, 5.74) is 4.72. The first-order valence-corrected chi connectivity index (χ1v) is 7.83. The van der Waals surface area contributed by atoms with E-state index in [1.54, 1.807) is 30.3 Å². The average molecular weight is 394 g/mol. The molecule has 0 unspecified atom stereocenters. The van der Waals surface area contributed by atoms with Crippen molar-refractivity contribution in [2.75, 3.05) is 5.32 Å². The van der Waals surface area contributed by atoms with Crippen LogP contribution in [0.3, 0.4) is 0 Å². The van der Waals surface area contributed by atoms with E-state index in [0.717, 1.165) is 6.07 Å². The van der Waals surface area contributed by atoms with Gasteiger partial charge in [0.1, 0.15) is 5.02 Å². The van der Waals surface area contributed by atoms with Crippen LogP contribution in [0.2, 0.25) is 5.02 Å². The number of thiocarbonyl (C=S) groups is 1. The van der Waals surface area contributed by atoms with Gasteiger partial charge in [0.05, 0.1) is 4.92 Å². The molecule has 9 nitrogen and oxygen atoms in total. The first-order chi connectivity index (χ1) is 12.4. The molecule has 2 rings (SSSR count). The Hall–Kier alpha value is -3.24. The number of halogens is 1. The van der Waals surface area contributed by atoms with E-state index in [1.807, 2.05) is 0 Å². The maximum Gasteiger partial charge on any atom is 0.337 e. The van der Waals surface area contributed by atoms with E-state index < -0.39 is 22.5 Å². The van der Waals surface area contributed by atoms with Gasteiger partial charge < -0.3 is 5.32 Å². The number of hydrazine groups is 1. The van der Waals surface area contributed by atoms with E-state index in [0.29, 0.717) is 5.69 Å². The molecule has 2 aromatic carbocycles. The lowest BCUT2D eigenvalue weighted by Gasteiger charge is -2.11. The summed E-state index contributed by atoms with van der Waals surface area (Å²) in [6.07, 6.45) is 0. The van der Waals surface area contributed by atoms with Crippen molar-refractivity contribution in [1.29, 1.82) is 0 Å². The second-order valence-electron chi connectivity index (χ2n) is 4.78. The molecule has 0 aliphatic heterocycles.